The van der Waals surface area contributed by atoms with E-state index in [4.69, 9.17) is 0 Å². The average molecular weight is 287 g/mol. The van der Waals surface area contributed by atoms with Crippen molar-refractivity contribution in [1.29, 1.82) is 0 Å². The molecule has 0 saturated carbocycles. The van der Waals surface area contributed by atoms with Crippen LogP contribution in [-0.4, -0.2) is 55.6 Å². The van der Waals surface area contributed by atoms with Crippen LogP contribution in [0.2, 0.25) is 0 Å². The minimum Gasteiger partial charge on any atom is -0.314 e. The molecule has 2 heterocycles. The summed E-state index contributed by atoms with van der Waals surface area (Å²) in [6.07, 6.45) is 5.48. The van der Waals surface area contributed by atoms with Gasteiger partial charge in [-0.1, -0.05) is 36.8 Å². The molecule has 1 aromatic carbocycles. The number of benzene rings is 1. The molecule has 0 bridgehead atoms. The molecule has 2 saturated heterocycles. The van der Waals surface area contributed by atoms with Crippen LogP contribution >= 0.6 is 0 Å². The van der Waals surface area contributed by atoms with Gasteiger partial charge in [0.1, 0.15) is 0 Å². The number of nitrogens with one attached hydrogen (secondary N) is 1. The third-order valence-corrected chi connectivity index (χ3v) is 4.94. The molecule has 0 aliphatic carbocycles. The van der Waals surface area contributed by atoms with Crippen molar-refractivity contribution in [2.45, 2.75) is 31.7 Å². The minimum atomic E-state index is 0.593. The summed E-state index contributed by atoms with van der Waals surface area (Å²) in [6, 6.07) is 11.7. The fourth-order valence-electron chi connectivity index (χ4n) is 3.72. The lowest BCUT2D eigenvalue weighted by molar-refractivity contribution is 0.140. The SMILES string of the molecule is c1ccc(C(CCN2CCCCC2)N2CCNCC2)cc1. The zero-order valence-corrected chi connectivity index (χ0v) is 13.1. The van der Waals surface area contributed by atoms with Crippen LogP contribution in [-0.2, 0) is 0 Å². The summed E-state index contributed by atoms with van der Waals surface area (Å²) < 4.78 is 0. The smallest absolute Gasteiger partial charge is 0.0361 e. The highest BCUT2D eigenvalue weighted by molar-refractivity contribution is 5.19. The Morgan fingerprint density at radius 1 is 0.905 bits per heavy atom. The fourth-order valence-corrected chi connectivity index (χ4v) is 3.72. The summed E-state index contributed by atoms with van der Waals surface area (Å²) in [5, 5.41) is 3.47. The molecule has 3 rings (SSSR count). The molecule has 1 atom stereocenters. The summed E-state index contributed by atoms with van der Waals surface area (Å²) in [5.41, 5.74) is 1.50. The van der Waals surface area contributed by atoms with Gasteiger partial charge in [-0.15, -0.1) is 0 Å². The molecule has 21 heavy (non-hydrogen) atoms. The van der Waals surface area contributed by atoms with Crippen molar-refractivity contribution >= 4 is 0 Å². The van der Waals surface area contributed by atoms with Crippen LogP contribution in [0.4, 0.5) is 0 Å². The molecule has 0 amide bonds. The van der Waals surface area contributed by atoms with Gasteiger partial charge in [0.2, 0.25) is 0 Å². The van der Waals surface area contributed by atoms with E-state index in [2.05, 4.69) is 45.4 Å². The first kappa shape index (κ1) is 15.0. The van der Waals surface area contributed by atoms with E-state index in [1.807, 2.05) is 0 Å². The summed E-state index contributed by atoms with van der Waals surface area (Å²) in [7, 11) is 0. The normalized spacial score (nSPS) is 23.0. The zero-order valence-electron chi connectivity index (χ0n) is 13.1. The lowest BCUT2D eigenvalue weighted by Gasteiger charge is -2.37. The summed E-state index contributed by atoms with van der Waals surface area (Å²) in [6.45, 7) is 8.49. The van der Waals surface area contributed by atoms with Crippen LogP contribution in [0.15, 0.2) is 30.3 Å². The Kier molecular flexibility index (Phi) is 5.67. The molecule has 0 spiro atoms. The third-order valence-electron chi connectivity index (χ3n) is 4.94. The molecule has 1 aromatic rings. The van der Waals surface area contributed by atoms with Gasteiger partial charge >= 0.3 is 0 Å². The summed E-state index contributed by atoms with van der Waals surface area (Å²) in [5.74, 6) is 0. The van der Waals surface area contributed by atoms with Gasteiger partial charge in [0.25, 0.3) is 0 Å². The molecule has 2 aliphatic rings. The van der Waals surface area contributed by atoms with E-state index in [9.17, 15) is 0 Å². The fraction of sp³-hybridized carbons (Fsp3) is 0.667. The summed E-state index contributed by atoms with van der Waals surface area (Å²) >= 11 is 0. The van der Waals surface area contributed by atoms with Crippen molar-refractivity contribution in [1.82, 2.24) is 15.1 Å². The van der Waals surface area contributed by atoms with Crippen LogP contribution in [0.1, 0.15) is 37.3 Å². The van der Waals surface area contributed by atoms with Crippen LogP contribution in [0.3, 0.4) is 0 Å². The first-order valence-corrected chi connectivity index (χ1v) is 8.65. The van der Waals surface area contributed by atoms with Crippen molar-refractivity contribution in [2.75, 3.05) is 45.8 Å². The molecule has 3 nitrogen and oxygen atoms in total. The molecule has 0 radical (unpaired) electrons. The molecule has 116 valence electrons. The van der Waals surface area contributed by atoms with Gasteiger partial charge < -0.3 is 10.2 Å². The van der Waals surface area contributed by atoms with Crippen LogP contribution in [0.25, 0.3) is 0 Å². The predicted molar refractivity (Wildman–Crippen MR) is 88.5 cm³/mol. The first-order chi connectivity index (χ1) is 10.4. The Hall–Kier alpha value is -0.900. The average Bonchev–Trinajstić information content (AvgIpc) is 2.58. The van der Waals surface area contributed by atoms with Gasteiger partial charge in [0, 0.05) is 32.2 Å². The van der Waals surface area contributed by atoms with Crippen LogP contribution in [0.5, 0.6) is 0 Å². The quantitative estimate of drug-likeness (QED) is 0.898. The molecule has 3 heteroatoms. The van der Waals surface area contributed by atoms with Gasteiger partial charge in [-0.25, -0.2) is 0 Å². The molecule has 2 fully saturated rings. The van der Waals surface area contributed by atoms with Gasteiger partial charge in [0.15, 0.2) is 0 Å². The largest absolute Gasteiger partial charge is 0.314 e. The molecule has 0 aromatic heterocycles. The molecule has 2 aliphatic heterocycles. The van der Waals surface area contributed by atoms with Crippen LogP contribution < -0.4 is 5.32 Å². The van der Waals surface area contributed by atoms with Gasteiger partial charge in [0.05, 0.1) is 0 Å². The van der Waals surface area contributed by atoms with Gasteiger partial charge in [-0.2, -0.15) is 0 Å². The number of hydrogen-bond acceptors (Lipinski definition) is 3. The lowest BCUT2D eigenvalue weighted by Crippen LogP contribution is -2.46. The van der Waals surface area contributed by atoms with E-state index in [1.165, 1.54) is 64.0 Å². The van der Waals surface area contributed by atoms with E-state index in [0.29, 0.717) is 6.04 Å². The van der Waals surface area contributed by atoms with Crippen molar-refractivity contribution in [2.24, 2.45) is 0 Å². The second-order valence-electron chi connectivity index (χ2n) is 6.40. The molecular weight excluding hydrogens is 258 g/mol. The van der Waals surface area contributed by atoms with E-state index >= 15 is 0 Å². The van der Waals surface area contributed by atoms with Crippen molar-refractivity contribution in [3.63, 3.8) is 0 Å². The number of nitrogens with zero attached hydrogens (tertiary/aromatic N) is 2. The lowest BCUT2D eigenvalue weighted by atomic mass is 10.00. The van der Waals surface area contributed by atoms with Crippen molar-refractivity contribution < 1.29 is 0 Å². The number of likely N-dealkylation sites (tertiary alicyclic amines) is 1. The number of hydrogen-bond donors (Lipinski definition) is 1. The Balaban J connectivity index is 1.63. The minimum absolute atomic E-state index is 0.593. The Morgan fingerprint density at radius 2 is 1.62 bits per heavy atom. The Labute approximate surface area is 129 Å². The van der Waals surface area contributed by atoms with Crippen LogP contribution in [0, 0.1) is 0 Å². The predicted octanol–water partition coefficient (Wildman–Crippen LogP) is 2.51. The first-order valence-electron chi connectivity index (χ1n) is 8.65. The topological polar surface area (TPSA) is 18.5 Å². The van der Waals surface area contributed by atoms with E-state index in [1.54, 1.807) is 0 Å². The third kappa shape index (κ3) is 4.29. The highest BCUT2D eigenvalue weighted by atomic mass is 15.2. The molecule has 1 N–H and O–H groups in total. The second-order valence-corrected chi connectivity index (χ2v) is 6.40. The highest BCUT2D eigenvalue weighted by Crippen LogP contribution is 2.25. The maximum absolute atomic E-state index is 3.47. The highest BCUT2D eigenvalue weighted by Gasteiger charge is 2.23. The number of rotatable bonds is 5. The van der Waals surface area contributed by atoms with E-state index in [0.717, 1.165) is 13.1 Å². The standard InChI is InChI=1S/C18H29N3/c1-3-7-17(8-4-1)18(21-15-10-19-11-16-21)9-14-20-12-5-2-6-13-20/h1,3-4,7-8,18-19H,2,5-6,9-16H2. The van der Waals surface area contributed by atoms with Crippen molar-refractivity contribution in [3.05, 3.63) is 35.9 Å². The molecular formula is C18H29N3. The van der Waals surface area contributed by atoms with E-state index < -0.39 is 0 Å². The Morgan fingerprint density at radius 3 is 2.33 bits per heavy atom. The maximum Gasteiger partial charge on any atom is 0.0361 e. The molecule has 1 unspecified atom stereocenters. The summed E-state index contributed by atoms with van der Waals surface area (Å²) in [4.78, 5) is 5.34. The zero-order chi connectivity index (χ0) is 14.3. The van der Waals surface area contributed by atoms with Crippen molar-refractivity contribution in [3.8, 4) is 0 Å². The van der Waals surface area contributed by atoms with Gasteiger partial charge in [-0.3, -0.25) is 4.90 Å². The Bertz CT molecular complexity index is 394. The number of piperidine rings is 1. The second kappa shape index (κ2) is 7.92. The van der Waals surface area contributed by atoms with Gasteiger partial charge in [-0.05, 0) is 44.5 Å². The maximum atomic E-state index is 3.47. The monoisotopic (exact) mass is 287 g/mol. The number of piperazine rings is 1. The van der Waals surface area contributed by atoms with E-state index in [-0.39, 0.29) is 0 Å².